The number of thiazole rings is 1. The van der Waals surface area contributed by atoms with E-state index in [2.05, 4.69) is 9.95 Å². The Morgan fingerprint density at radius 1 is 1.24 bits per heavy atom. The number of aromatic nitrogens is 1. The van der Waals surface area contributed by atoms with Crippen molar-refractivity contribution in [2.24, 2.45) is 4.99 Å². The summed E-state index contributed by atoms with van der Waals surface area (Å²) >= 11 is 14.3. The van der Waals surface area contributed by atoms with Crippen LogP contribution >= 0.6 is 34.5 Å². The summed E-state index contributed by atoms with van der Waals surface area (Å²) in [5, 5.41) is 3.39. The zero-order valence-electron chi connectivity index (χ0n) is 16.1. The van der Waals surface area contributed by atoms with E-state index in [0.717, 1.165) is 53.5 Å². The zero-order chi connectivity index (χ0) is 20.2. The molecule has 1 aliphatic rings. The van der Waals surface area contributed by atoms with Crippen molar-refractivity contribution in [2.75, 3.05) is 13.2 Å². The Kier molecular flexibility index (Phi) is 6.60. The van der Waals surface area contributed by atoms with Crippen molar-refractivity contribution in [3.05, 3.63) is 62.7 Å². The lowest BCUT2D eigenvalue weighted by Crippen LogP contribution is -2.24. The first-order valence-corrected chi connectivity index (χ1v) is 11.3. The molecule has 7 heteroatoms. The van der Waals surface area contributed by atoms with Gasteiger partial charge in [-0.1, -0.05) is 35.3 Å². The number of nitrogens with zero attached hydrogens (tertiary/aromatic N) is 2. The van der Waals surface area contributed by atoms with E-state index in [9.17, 15) is 0 Å². The topological polar surface area (TPSA) is 35.8 Å². The molecule has 0 amide bonds. The van der Waals surface area contributed by atoms with Gasteiger partial charge in [-0.3, -0.25) is 0 Å². The first-order chi connectivity index (χ1) is 14.2. The first-order valence-electron chi connectivity index (χ1n) is 9.67. The summed E-state index contributed by atoms with van der Waals surface area (Å²) in [5.41, 5.74) is 2.69. The fourth-order valence-electron chi connectivity index (χ4n) is 3.43. The van der Waals surface area contributed by atoms with Crippen molar-refractivity contribution in [3.63, 3.8) is 0 Å². The predicted octanol–water partition coefficient (Wildman–Crippen LogP) is 6.33. The fraction of sp³-hybridized carbons (Fsp3) is 0.318. The van der Waals surface area contributed by atoms with Gasteiger partial charge in [0.25, 0.3) is 0 Å². The standard InChI is InChI=1S/C22H22Cl2N2O2S/c1-2-27-21-8-4-3-7-19(21)25-22-26(13-16-6-5-11-28-16)20(14-29-22)17-12-15(23)9-10-18(17)24/h3-4,7-10,12,14,16H,2,5-6,11,13H2,1H3. The van der Waals surface area contributed by atoms with Crippen molar-refractivity contribution in [2.45, 2.75) is 32.4 Å². The molecule has 29 heavy (non-hydrogen) atoms. The van der Waals surface area contributed by atoms with E-state index in [1.165, 1.54) is 0 Å². The molecule has 2 aromatic carbocycles. The molecule has 1 fully saturated rings. The lowest BCUT2D eigenvalue weighted by atomic mass is 10.1. The average molecular weight is 449 g/mol. The minimum atomic E-state index is 0.169. The Balaban J connectivity index is 1.84. The van der Waals surface area contributed by atoms with Crippen LogP contribution in [0.3, 0.4) is 0 Å². The van der Waals surface area contributed by atoms with E-state index < -0.39 is 0 Å². The van der Waals surface area contributed by atoms with Crippen LogP contribution in [0, 0.1) is 0 Å². The molecule has 0 spiro atoms. The second kappa shape index (κ2) is 9.35. The number of benzene rings is 2. The second-order valence-corrected chi connectivity index (χ2v) is 8.47. The third-order valence-corrected chi connectivity index (χ3v) is 6.22. The van der Waals surface area contributed by atoms with Crippen molar-refractivity contribution in [1.29, 1.82) is 0 Å². The lowest BCUT2D eigenvalue weighted by Gasteiger charge is -2.15. The summed E-state index contributed by atoms with van der Waals surface area (Å²) in [6, 6.07) is 13.4. The highest BCUT2D eigenvalue weighted by Crippen LogP contribution is 2.32. The monoisotopic (exact) mass is 448 g/mol. The van der Waals surface area contributed by atoms with Crippen LogP contribution in [0.25, 0.3) is 11.3 Å². The van der Waals surface area contributed by atoms with Gasteiger partial charge >= 0.3 is 0 Å². The molecule has 1 aliphatic heterocycles. The molecule has 0 bridgehead atoms. The Morgan fingerprint density at radius 3 is 2.90 bits per heavy atom. The SMILES string of the molecule is CCOc1ccccc1N=c1scc(-c2cc(Cl)ccc2Cl)n1CC1CCCO1. The third kappa shape index (κ3) is 4.69. The van der Waals surface area contributed by atoms with E-state index in [-0.39, 0.29) is 6.10 Å². The highest BCUT2D eigenvalue weighted by molar-refractivity contribution is 7.07. The third-order valence-electron chi connectivity index (χ3n) is 4.79. The van der Waals surface area contributed by atoms with Crippen LogP contribution in [-0.2, 0) is 11.3 Å². The van der Waals surface area contributed by atoms with Crippen LogP contribution in [-0.4, -0.2) is 23.9 Å². The van der Waals surface area contributed by atoms with Gasteiger partial charge in [-0.25, -0.2) is 4.99 Å². The molecule has 0 saturated carbocycles. The number of ether oxygens (including phenoxy) is 2. The van der Waals surface area contributed by atoms with Gasteiger partial charge in [-0.2, -0.15) is 0 Å². The Hall–Kier alpha value is -1.79. The van der Waals surface area contributed by atoms with E-state index in [1.807, 2.05) is 43.3 Å². The molecule has 4 nitrogen and oxygen atoms in total. The highest BCUT2D eigenvalue weighted by atomic mass is 35.5. The summed E-state index contributed by atoms with van der Waals surface area (Å²) in [7, 11) is 0. The number of rotatable bonds is 6. The van der Waals surface area contributed by atoms with Crippen LogP contribution in [0.4, 0.5) is 5.69 Å². The molecule has 1 atom stereocenters. The summed E-state index contributed by atoms with van der Waals surface area (Å²) in [6.45, 7) is 4.09. The van der Waals surface area contributed by atoms with Crippen molar-refractivity contribution < 1.29 is 9.47 Å². The van der Waals surface area contributed by atoms with E-state index in [1.54, 1.807) is 17.4 Å². The van der Waals surface area contributed by atoms with E-state index in [4.69, 9.17) is 37.7 Å². The fourth-order valence-corrected chi connectivity index (χ4v) is 4.74. The van der Waals surface area contributed by atoms with Crippen molar-refractivity contribution >= 4 is 40.2 Å². The largest absolute Gasteiger partial charge is 0.492 e. The minimum Gasteiger partial charge on any atom is -0.492 e. The van der Waals surface area contributed by atoms with E-state index in [0.29, 0.717) is 16.7 Å². The maximum Gasteiger partial charge on any atom is 0.190 e. The summed E-state index contributed by atoms with van der Waals surface area (Å²) in [6.07, 6.45) is 2.30. The van der Waals surface area contributed by atoms with Crippen LogP contribution in [0.2, 0.25) is 10.0 Å². The normalized spacial score (nSPS) is 17.1. The van der Waals surface area contributed by atoms with Gasteiger partial charge in [0, 0.05) is 22.6 Å². The first kappa shape index (κ1) is 20.5. The number of hydrogen-bond donors (Lipinski definition) is 0. The molecule has 3 aromatic rings. The van der Waals surface area contributed by atoms with Crippen LogP contribution in [0.15, 0.2) is 52.8 Å². The number of hydrogen-bond acceptors (Lipinski definition) is 4. The quantitative estimate of drug-likeness (QED) is 0.441. The highest BCUT2D eigenvalue weighted by Gasteiger charge is 2.20. The smallest absolute Gasteiger partial charge is 0.190 e. The maximum absolute atomic E-state index is 6.51. The van der Waals surface area contributed by atoms with Crippen molar-refractivity contribution in [1.82, 2.24) is 4.57 Å². The Bertz CT molecular complexity index is 1050. The minimum absolute atomic E-state index is 0.169. The van der Waals surface area contributed by atoms with Crippen molar-refractivity contribution in [3.8, 4) is 17.0 Å². The van der Waals surface area contributed by atoms with Gasteiger partial charge in [0.15, 0.2) is 4.80 Å². The van der Waals surface area contributed by atoms with Gasteiger partial charge in [0.05, 0.1) is 30.0 Å². The van der Waals surface area contributed by atoms with Gasteiger partial charge < -0.3 is 14.0 Å². The maximum atomic E-state index is 6.51. The molecular formula is C22H22Cl2N2O2S. The van der Waals surface area contributed by atoms with Crippen LogP contribution in [0.1, 0.15) is 19.8 Å². The summed E-state index contributed by atoms with van der Waals surface area (Å²) in [5.74, 6) is 0.773. The van der Waals surface area contributed by atoms with Gasteiger partial charge in [0.1, 0.15) is 11.4 Å². The average Bonchev–Trinajstić information content (AvgIpc) is 3.37. The molecule has 0 aliphatic carbocycles. The molecule has 1 saturated heterocycles. The van der Waals surface area contributed by atoms with Gasteiger partial charge in [-0.15, -0.1) is 11.3 Å². The summed E-state index contributed by atoms with van der Waals surface area (Å²) < 4.78 is 13.8. The molecule has 152 valence electrons. The Morgan fingerprint density at radius 2 is 2.10 bits per heavy atom. The molecule has 4 rings (SSSR count). The molecule has 1 aromatic heterocycles. The molecule has 2 heterocycles. The summed E-state index contributed by atoms with van der Waals surface area (Å²) in [4.78, 5) is 5.80. The zero-order valence-corrected chi connectivity index (χ0v) is 18.4. The molecule has 0 radical (unpaired) electrons. The second-order valence-electron chi connectivity index (χ2n) is 6.79. The van der Waals surface area contributed by atoms with Gasteiger partial charge in [-0.05, 0) is 50.1 Å². The number of halogens is 2. The molecule has 0 N–H and O–H groups in total. The lowest BCUT2D eigenvalue weighted by molar-refractivity contribution is 0.0968. The Labute approximate surface area is 184 Å². The van der Waals surface area contributed by atoms with E-state index >= 15 is 0 Å². The predicted molar refractivity (Wildman–Crippen MR) is 120 cm³/mol. The molecular weight excluding hydrogens is 427 g/mol. The van der Waals surface area contributed by atoms with Crippen LogP contribution in [0.5, 0.6) is 5.75 Å². The molecule has 1 unspecified atom stereocenters. The van der Waals surface area contributed by atoms with Crippen LogP contribution < -0.4 is 9.54 Å². The number of para-hydroxylation sites is 2. The van der Waals surface area contributed by atoms with Gasteiger partial charge in [0.2, 0.25) is 0 Å².